The Kier molecular flexibility index (Phi) is 4.86. The molecule has 1 aromatic carbocycles. The molecule has 0 unspecified atom stereocenters. The first-order chi connectivity index (χ1) is 8.88. The van der Waals surface area contributed by atoms with Gasteiger partial charge in [0.2, 0.25) is 0 Å². The molecule has 0 aliphatic rings. The lowest BCUT2D eigenvalue weighted by atomic mass is 10.1. The summed E-state index contributed by atoms with van der Waals surface area (Å²) in [6.45, 7) is 6.27. The van der Waals surface area contributed by atoms with Crippen LogP contribution in [0.4, 0.5) is 11.4 Å². The van der Waals surface area contributed by atoms with Crippen molar-refractivity contribution in [3.63, 3.8) is 0 Å². The molecule has 0 aromatic heterocycles. The summed E-state index contributed by atoms with van der Waals surface area (Å²) >= 11 is 0. The highest BCUT2D eigenvalue weighted by atomic mass is 16.6. The van der Waals surface area contributed by atoms with E-state index < -0.39 is 4.92 Å². The number of carbonyl (C=O) groups excluding carboxylic acids is 1. The van der Waals surface area contributed by atoms with Crippen LogP contribution < -0.4 is 5.73 Å². The maximum Gasteiger partial charge on any atom is 0.282 e. The molecule has 0 atom stereocenters. The standard InChI is InChI=1S/C13H19N3O3/c1-4-7-15(9(2)3)13(17)11-8-10(14)5-6-12(11)16(18)19/h5-6,8-9H,4,7,14H2,1-3H3. The highest BCUT2D eigenvalue weighted by molar-refractivity contribution is 5.99. The van der Waals surface area contributed by atoms with Gasteiger partial charge in [0.1, 0.15) is 5.56 Å². The van der Waals surface area contributed by atoms with Gasteiger partial charge in [0.25, 0.3) is 11.6 Å². The minimum Gasteiger partial charge on any atom is -0.399 e. The predicted molar refractivity (Wildman–Crippen MR) is 74.0 cm³/mol. The van der Waals surface area contributed by atoms with Crippen LogP contribution >= 0.6 is 0 Å². The molecule has 0 aliphatic heterocycles. The van der Waals surface area contributed by atoms with Crippen molar-refractivity contribution in [3.05, 3.63) is 33.9 Å². The van der Waals surface area contributed by atoms with Gasteiger partial charge in [-0.05, 0) is 32.4 Å². The van der Waals surface area contributed by atoms with Crippen molar-refractivity contribution in [2.45, 2.75) is 33.2 Å². The lowest BCUT2D eigenvalue weighted by Crippen LogP contribution is -2.37. The van der Waals surface area contributed by atoms with E-state index in [4.69, 9.17) is 5.73 Å². The van der Waals surface area contributed by atoms with Gasteiger partial charge in [-0.1, -0.05) is 6.92 Å². The molecule has 0 aliphatic carbocycles. The van der Waals surface area contributed by atoms with Gasteiger partial charge in [0, 0.05) is 24.3 Å². The average Bonchev–Trinajstić information content (AvgIpc) is 2.34. The first-order valence-electron chi connectivity index (χ1n) is 6.23. The summed E-state index contributed by atoms with van der Waals surface area (Å²) in [6.07, 6.45) is 0.792. The zero-order valence-electron chi connectivity index (χ0n) is 11.4. The third-order valence-electron chi connectivity index (χ3n) is 2.80. The first-order valence-corrected chi connectivity index (χ1v) is 6.23. The molecule has 0 saturated heterocycles. The number of nitrogens with two attached hydrogens (primary N) is 1. The second-order valence-electron chi connectivity index (χ2n) is 4.63. The number of rotatable bonds is 5. The SMILES string of the molecule is CCCN(C(=O)c1cc(N)ccc1[N+](=O)[O-])C(C)C. The Balaban J connectivity index is 3.23. The third-order valence-corrected chi connectivity index (χ3v) is 2.80. The highest BCUT2D eigenvalue weighted by Gasteiger charge is 2.25. The van der Waals surface area contributed by atoms with Crippen LogP contribution in [0.15, 0.2) is 18.2 Å². The van der Waals surface area contributed by atoms with Crippen molar-refractivity contribution in [2.75, 3.05) is 12.3 Å². The molecule has 1 aromatic rings. The second-order valence-corrected chi connectivity index (χ2v) is 4.63. The van der Waals surface area contributed by atoms with E-state index >= 15 is 0 Å². The smallest absolute Gasteiger partial charge is 0.282 e. The number of benzene rings is 1. The minimum absolute atomic E-state index is 0.0199. The van der Waals surface area contributed by atoms with Crippen LogP contribution in [-0.2, 0) is 0 Å². The van der Waals surface area contributed by atoms with Gasteiger partial charge in [0.05, 0.1) is 4.92 Å². The fourth-order valence-corrected chi connectivity index (χ4v) is 1.87. The molecule has 0 heterocycles. The highest BCUT2D eigenvalue weighted by Crippen LogP contribution is 2.23. The molecule has 6 nitrogen and oxygen atoms in total. The predicted octanol–water partition coefficient (Wildman–Crippen LogP) is 2.44. The van der Waals surface area contributed by atoms with Crippen molar-refractivity contribution >= 4 is 17.3 Å². The molecule has 1 amide bonds. The number of hydrogen-bond donors (Lipinski definition) is 1. The summed E-state index contributed by atoms with van der Waals surface area (Å²) < 4.78 is 0. The van der Waals surface area contributed by atoms with E-state index in [1.54, 1.807) is 4.90 Å². The Morgan fingerprint density at radius 1 is 1.47 bits per heavy atom. The number of nitrogens with zero attached hydrogens (tertiary/aromatic N) is 2. The molecule has 0 bridgehead atoms. The summed E-state index contributed by atoms with van der Waals surface area (Å²) in [5, 5.41) is 11.0. The maximum atomic E-state index is 12.4. The first kappa shape index (κ1) is 14.9. The third kappa shape index (κ3) is 3.43. The summed E-state index contributed by atoms with van der Waals surface area (Å²) in [6, 6.07) is 4.04. The Bertz CT molecular complexity index is 486. The van der Waals surface area contributed by atoms with Crippen LogP contribution in [0.3, 0.4) is 0 Å². The summed E-state index contributed by atoms with van der Waals surface area (Å²) in [7, 11) is 0. The van der Waals surface area contributed by atoms with Crippen LogP contribution in [0.5, 0.6) is 0 Å². The van der Waals surface area contributed by atoms with Gasteiger partial charge in [-0.3, -0.25) is 14.9 Å². The number of carbonyl (C=O) groups is 1. The number of nitrogen functional groups attached to an aromatic ring is 1. The van der Waals surface area contributed by atoms with Gasteiger partial charge in [-0.15, -0.1) is 0 Å². The number of hydrogen-bond acceptors (Lipinski definition) is 4. The average molecular weight is 265 g/mol. The van der Waals surface area contributed by atoms with E-state index in [2.05, 4.69) is 0 Å². The minimum atomic E-state index is -0.558. The molecule has 1 rings (SSSR count). The van der Waals surface area contributed by atoms with Crippen LogP contribution in [-0.4, -0.2) is 28.3 Å². The van der Waals surface area contributed by atoms with E-state index in [1.165, 1.54) is 18.2 Å². The van der Waals surface area contributed by atoms with Gasteiger partial charge in [-0.2, -0.15) is 0 Å². The lowest BCUT2D eigenvalue weighted by molar-refractivity contribution is -0.385. The molecule has 2 N–H and O–H groups in total. The van der Waals surface area contributed by atoms with E-state index in [1.807, 2.05) is 20.8 Å². The van der Waals surface area contributed by atoms with Crippen molar-refractivity contribution in [3.8, 4) is 0 Å². The van der Waals surface area contributed by atoms with Crippen LogP contribution in [0, 0.1) is 10.1 Å². The van der Waals surface area contributed by atoms with Crippen molar-refractivity contribution in [1.29, 1.82) is 0 Å². The summed E-state index contributed by atoms with van der Waals surface area (Å²) in [4.78, 5) is 24.5. The molecule has 0 saturated carbocycles. The van der Waals surface area contributed by atoms with Crippen LogP contribution in [0.2, 0.25) is 0 Å². The van der Waals surface area contributed by atoms with Crippen molar-refractivity contribution in [1.82, 2.24) is 4.90 Å². The molecule has 19 heavy (non-hydrogen) atoms. The Hall–Kier alpha value is -2.11. The van der Waals surface area contributed by atoms with Crippen molar-refractivity contribution < 1.29 is 9.72 Å². The maximum absolute atomic E-state index is 12.4. The van der Waals surface area contributed by atoms with E-state index in [9.17, 15) is 14.9 Å². The fourth-order valence-electron chi connectivity index (χ4n) is 1.87. The second kappa shape index (κ2) is 6.17. The lowest BCUT2D eigenvalue weighted by Gasteiger charge is -2.26. The summed E-state index contributed by atoms with van der Waals surface area (Å²) in [5.41, 5.74) is 5.80. The Labute approximate surface area is 112 Å². The van der Waals surface area contributed by atoms with E-state index in [-0.39, 0.29) is 23.2 Å². The molecule has 0 radical (unpaired) electrons. The molecule has 0 fully saturated rings. The van der Waals surface area contributed by atoms with Gasteiger partial charge in [-0.25, -0.2) is 0 Å². The van der Waals surface area contributed by atoms with Gasteiger partial charge < -0.3 is 10.6 Å². The summed E-state index contributed by atoms with van der Waals surface area (Å²) in [5.74, 6) is -0.351. The van der Waals surface area contributed by atoms with Crippen LogP contribution in [0.25, 0.3) is 0 Å². The van der Waals surface area contributed by atoms with E-state index in [0.717, 1.165) is 6.42 Å². The van der Waals surface area contributed by atoms with Gasteiger partial charge >= 0.3 is 0 Å². The van der Waals surface area contributed by atoms with Crippen LogP contribution in [0.1, 0.15) is 37.6 Å². The Morgan fingerprint density at radius 2 is 2.11 bits per heavy atom. The molecular weight excluding hydrogens is 246 g/mol. The monoisotopic (exact) mass is 265 g/mol. The normalized spacial score (nSPS) is 10.5. The molecular formula is C13H19N3O3. The molecule has 6 heteroatoms. The van der Waals surface area contributed by atoms with Gasteiger partial charge in [0.15, 0.2) is 0 Å². The molecule has 0 spiro atoms. The number of nitro groups is 1. The zero-order chi connectivity index (χ0) is 14.6. The zero-order valence-corrected chi connectivity index (χ0v) is 11.4. The van der Waals surface area contributed by atoms with E-state index in [0.29, 0.717) is 12.2 Å². The number of anilines is 1. The molecule has 104 valence electrons. The largest absolute Gasteiger partial charge is 0.399 e. The Morgan fingerprint density at radius 3 is 2.58 bits per heavy atom. The fraction of sp³-hybridized carbons (Fsp3) is 0.462. The quantitative estimate of drug-likeness (QED) is 0.503. The number of nitro benzene ring substituents is 1. The number of amides is 1. The topological polar surface area (TPSA) is 89.5 Å². The van der Waals surface area contributed by atoms with Crippen molar-refractivity contribution in [2.24, 2.45) is 0 Å².